The van der Waals surface area contributed by atoms with Crippen molar-refractivity contribution in [3.05, 3.63) is 23.4 Å². The summed E-state index contributed by atoms with van der Waals surface area (Å²) < 4.78 is 0. The molecule has 0 saturated heterocycles. The van der Waals surface area contributed by atoms with Gasteiger partial charge in [-0.05, 0) is 18.9 Å². The highest BCUT2D eigenvalue weighted by atomic mass is 16.1. The highest BCUT2D eigenvalue weighted by molar-refractivity contribution is 5.99. The van der Waals surface area contributed by atoms with Gasteiger partial charge in [0.15, 0.2) is 5.78 Å². The van der Waals surface area contributed by atoms with Crippen molar-refractivity contribution in [1.29, 1.82) is 0 Å². The van der Waals surface area contributed by atoms with E-state index < -0.39 is 0 Å². The molecule has 0 N–H and O–H groups in total. The van der Waals surface area contributed by atoms with Crippen molar-refractivity contribution < 1.29 is 4.79 Å². The third-order valence-corrected chi connectivity index (χ3v) is 2.80. The third-order valence-electron chi connectivity index (χ3n) is 2.80. The van der Waals surface area contributed by atoms with Crippen LogP contribution in [0.15, 0.2) is 28.4 Å². The molecule has 2 nitrogen and oxygen atoms in total. The maximum Gasteiger partial charge on any atom is 0.164 e. The SMILES string of the molecule is CC1(C)C=NC2=C(CC1)C(=O)CC=C2. The molecule has 2 aliphatic rings. The van der Waals surface area contributed by atoms with Gasteiger partial charge >= 0.3 is 0 Å². The van der Waals surface area contributed by atoms with Crippen LogP contribution in [0.4, 0.5) is 0 Å². The number of Topliss-reactive ketones (excluding diaryl/α,β-unsaturated/α-hetero) is 1. The predicted octanol–water partition coefficient (Wildman–Crippen LogP) is 2.66. The molecule has 0 atom stereocenters. The number of ketones is 1. The lowest BCUT2D eigenvalue weighted by Crippen LogP contribution is -2.12. The largest absolute Gasteiger partial charge is 0.294 e. The van der Waals surface area contributed by atoms with Gasteiger partial charge in [0, 0.05) is 23.6 Å². The summed E-state index contributed by atoms with van der Waals surface area (Å²) >= 11 is 0. The Balaban J connectivity index is 2.35. The van der Waals surface area contributed by atoms with Crippen LogP contribution in [0.25, 0.3) is 0 Å². The first kappa shape index (κ1) is 9.38. The Morgan fingerprint density at radius 1 is 1.43 bits per heavy atom. The van der Waals surface area contributed by atoms with Crippen molar-refractivity contribution in [2.75, 3.05) is 0 Å². The maximum atomic E-state index is 11.6. The molecule has 1 aliphatic carbocycles. The molecule has 1 heterocycles. The van der Waals surface area contributed by atoms with Gasteiger partial charge in [0.25, 0.3) is 0 Å². The third kappa shape index (κ3) is 1.69. The first-order valence-electron chi connectivity index (χ1n) is 5.07. The molecule has 74 valence electrons. The quantitative estimate of drug-likeness (QED) is 0.576. The Bertz CT molecular complexity index is 359. The lowest BCUT2D eigenvalue weighted by Gasteiger charge is -2.16. The average Bonchev–Trinajstić information content (AvgIpc) is 2.27. The Labute approximate surface area is 84.4 Å². The lowest BCUT2D eigenvalue weighted by molar-refractivity contribution is -0.115. The fourth-order valence-electron chi connectivity index (χ4n) is 1.79. The average molecular weight is 189 g/mol. The highest BCUT2D eigenvalue weighted by Crippen LogP contribution is 2.31. The number of hydrogen-bond acceptors (Lipinski definition) is 2. The van der Waals surface area contributed by atoms with Gasteiger partial charge in [-0.25, -0.2) is 0 Å². The topological polar surface area (TPSA) is 29.4 Å². The molecule has 2 rings (SSSR count). The van der Waals surface area contributed by atoms with Gasteiger partial charge in [-0.2, -0.15) is 0 Å². The van der Waals surface area contributed by atoms with Gasteiger partial charge in [0.05, 0.1) is 5.70 Å². The zero-order valence-electron chi connectivity index (χ0n) is 8.71. The van der Waals surface area contributed by atoms with Crippen LogP contribution in [0.1, 0.15) is 33.1 Å². The van der Waals surface area contributed by atoms with Gasteiger partial charge in [0.2, 0.25) is 0 Å². The number of nitrogens with zero attached hydrogens (tertiary/aromatic N) is 1. The minimum absolute atomic E-state index is 0.117. The van der Waals surface area contributed by atoms with Crippen molar-refractivity contribution in [3.8, 4) is 0 Å². The van der Waals surface area contributed by atoms with Crippen molar-refractivity contribution in [1.82, 2.24) is 0 Å². The molecule has 2 heteroatoms. The first-order valence-corrected chi connectivity index (χ1v) is 5.07. The standard InChI is InChI=1S/C12H15NO/c1-12(2)7-6-9-10(13-8-12)4-3-5-11(9)14/h3-4,8H,5-7H2,1-2H3. The van der Waals surface area contributed by atoms with E-state index >= 15 is 0 Å². The van der Waals surface area contributed by atoms with E-state index in [1.165, 1.54) is 0 Å². The predicted molar refractivity (Wildman–Crippen MR) is 57.3 cm³/mol. The molecule has 14 heavy (non-hydrogen) atoms. The lowest BCUT2D eigenvalue weighted by atomic mass is 9.86. The number of rotatable bonds is 0. The van der Waals surface area contributed by atoms with Crippen LogP contribution in [0.5, 0.6) is 0 Å². The van der Waals surface area contributed by atoms with Gasteiger partial charge in [-0.3, -0.25) is 9.79 Å². The molecule has 0 amide bonds. The van der Waals surface area contributed by atoms with E-state index in [0.29, 0.717) is 6.42 Å². The first-order chi connectivity index (χ1) is 6.58. The van der Waals surface area contributed by atoms with Crippen LogP contribution in [-0.2, 0) is 4.79 Å². The number of aliphatic imine (C=N–C) groups is 1. The monoisotopic (exact) mass is 189 g/mol. The molecular formula is C12H15NO. The van der Waals surface area contributed by atoms with E-state index in [9.17, 15) is 4.79 Å². The molecule has 0 aromatic heterocycles. The minimum Gasteiger partial charge on any atom is -0.294 e. The fraction of sp³-hybridized carbons (Fsp3) is 0.500. The molecule has 0 aromatic carbocycles. The molecule has 0 radical (unpaired) electrons. The molecular weight excluding hydrogens is 174 g/mol. The molecule has 0 spiro atoms. The Morgan fingerprint density at radius 2 is 2.21 bits per heavy atom. The van der Waals surface area contributed by atoms with Gasteiger partial charge < -0.3 is 0 Å². The maximum absolute atomic E-state index is 11.6. The van der Waals surface area contributed by atoms with Crippen molar-refractivity contribution in [2.24, 2.45) is 10.4 Å². The fourth-order valence-corrected chi connectivity index (χ4v) is 1.79. The zero-order chi connectivity index (χ0) is 10.2. The summed E-state index contributed by atoms with van der Waals surface area (Å²) in [6.07, 6.45) is 8.26. The normalized spacial score (nSPS) is 24.9. The zero-order valence-corrected chi connectivity index (χ0v) is 8.71. The summed E-state index contributed by atoms with van der Waals surface area (Å²) in [4.78, 5) is 16.0. The highest BCUT2D eigenvalue weighted by Gasteiger charge is 2.24. The van der Waals surface area contributed by atoms with Crippen LogP contribution in [0.3, 0.4) is 0 Å². The molecule has 0 aromatic rings. The van der Waals surface area contributed by atoms with Crippen LogP contribution >= 0.6 is 0 Å². The van der Waals surface area contributed by atoms with Gasteiger partial charge in [0.1, 0.15) is 0 Å². The van der Waals surface area contributed by atoms with Crippen LogP contribution in [0, 0.1) is 5.41 Å². The second-order valence-corrected chi connectivity index (χ2v) is 4.64. The molecule has 0 unspecified atom stereocenters. The van der Waals surface area contributed by atoms with E-state index in [4.69, 9.17) is 0 Å². The second kappa shape index (κ2) is 3.19. The smallest absolute Gasteiger partial charge is 0.164 e. The van der Waals surface area contributed by atoms with E-state index in [2.05, 4.69) is 18.8 Å². The minimum atomic E-state index is 0.117. The summed E-state index contributed by atoms with van der Waals surface area (Å²) in [7, 11) is 0. The summed E-state index contributed by atoms with van der Waals surface area (Å²) in [5.41, 5.74) is 1.92. The second-order valence-electron chi connectivity index (χ2n) is 4.64. The molecule has 0 fully saturated rings. The van der Waals surface area contributed by atoms with Crippen molar-refractivity contribution in [3.63, 3.8) is 0 Å². The Kier molecular flexibility index (Phi) is 2.14. The van der Waals surface area contributed by atoms with Crippen LogP contribution < -0.4 is 0 Å². The molecule has 0 bridgehead atoms. The number of hydrogen-bond donors (Lipinski definition) is 0. The van der Waals surface area contributed by atoms with E-state index in [0.717, 1.165) is 24.1 Å². The number of carbonyl (C=O) groups excluding carboxylic acids is 1. The van der Waals surface area contributed by atoms with Crippen LogP contribution in [0.2, 0.25) is 0 Å². The van der Waals surface area contributed by atoms with Crippen molar-refractivity contribution in [2.45, 2.75) is 33.1 Å². The summed E-state index contributed by atoms with van der Waals surface area (Å²) in [5.74, 6) is 0.248. The van der Waals surface area contributed by atoms with E-state index in [-0.39, 0.29) is 11.2 Å². The number of allylic oxidation sites excluding steroid dienone is 3. The Hall–Kier alpha value is -1.18. The number of carbonyl (C=O) groups is 1. The Morgan fingerprint density at radius 3 is 3.00 bits per heavy atom. The summed E-state index contributed by atoms with van der Waals surface area (Å²) in [6.45, 7) is 4.31. The van der Waals surface area contributed by atoms with Gasteiger partial charge in [-0.15, -0.1) is 0 Å². The summed E-state index contributed by atoms with van der Waals surface area (Å²) in [6, 6.07) is 0. The molecule has 0 saturated carbocycles. The van der Waals surface area contributed by atoms with E-state index in [1.54, 1.807) is 0 Å². The van der Waals surface area contributed by atoms with Crippen LogP contribution in [-0.4, -0.2) is 12.0 Å². The summed E-state index contributed by atoms with van der Waals surface area (Å²) in [5, 5.41) is 0. The van der Waals surface area contributed by atoms with Gasteiger partial charge in [-0.1, -0.05) is 19.9 Å². The van der Waals surface area contributed by atoms with E-state index in [1.807, 2.05) is 18.4 Å². The van der Waals surface area contributed by atoms with Crippen molar-refractivity contribution >= 4 is 12.0 Å². The molecule has 1 aliphatic heterocycles.